The van der Waals surface area contributed by atoms with Crippen LogP contribution < -0.4 is 0 Å². The Morgan fingerprint density at radius 3 is 1.71 bits per heavy atom. The number of hydrogen-bond donors (Lipinski definition) is 0. The molecule has 10 aromatic rings. The molecule has 0 aliphatic rings. The Labute approximate surface area is 285 Å². The zero-order valence-corrected chi connectivity index (χ0v) is 27.8. The van der Waals surface area contributed by atoms with Crippen molar-refractivity contribution in [1.29, 1.82) is 0 Å². The molecule has 1 heteroatoms. The Bertz CT molecular complexity index is 2880. The predicted molar refractivity (Wildman–Crippen MR) is 210 cm³/mol. The van der Waals surface area contributed by atoms with E-state index in [1.54, 1.807) is 0 Å². The van der Waals surface area contributed by atoms with Crippen LogP contribution in [-0.4, -0.2) is 0 Å². The SMILES string of the molecule is CC(C)(C)c1cc2ccc3c(-c4ccc(-c5cccc6c5oc5ccccc56)cc4)cc(-c4ccc5ccccc5c4)c4ccc(c1)c2c34. The average molecular weight is 627 g/mol. The summed E-state index contributed by atoms with van der Waals surface area (Å²) in [5.41, 5.74) is 10.5. The molecular formula is C48H34O. The second kappa shape index (κ2) is 10.3. The van der Waals surface area contributed by atoms with E-state index in [1.807, 2.05) is 12.1 Å². The lowest BCUT2D eigenvalue weighted by Gasteiger charge is -2.23. The van der Waals surface area contributed by atoms with E-state index in [4.69, 9.17) is 4.42 Å². The number of rotatable bonds is 3. The van der Waals surface area contributed by atoms with Crippen molar-refractivity contribution in [2.75, 3.05) is 0 Å². The van der Waals surface area contributed by atoms with Crippen LogP contribution in [0.25, 0.3) is 98.4 Å². The largest absolute Gasteiger partial charge is 0.455 e. The van der Waals surface area contributed by atoms with Crippen molar-refractivity contribution in [3.63, 3.8) is 0 Å². The van der Waals surface area contributed by atoms with Gasteiger partial charge in [0, 0.05) is 16.3 Å². The Morgan fingerprint density at radius 1 is 0.388 bits per heavy atom. The minimum atomic E-state index is 0.0698. The zero-order valence-electron chi connectivity index (χ0n) is 27.8. The van der Waals surface area contributed by atoms with E-state index in [-0.39, 0.29) is 5.41 Å². The summed E-state index contributed by atoms with van der Waals surface area (Å²) in [5.74, 6) is 0. The molecule has 0 atom stereocenters. The first kappa shape index (κ1) is 28.1. The number of para-hydroxylation sites is 2. The van der Waals surface area contributed by atoms with Gasteiger partial charge in [-0.3, -0.25) is 0 Å². The van der Waals surface area contributed by atoms with Crippen LogP contribution in [0, 0.1) is 0 Å². The van der Waals surface area contributed by atoms with Crippen LogP contribution in [0.5, 0.6) is 0 Å². The van der Waals surface area contributed by atoms with Crippen LogP contribution in [0.15, 0.2) is 156 Å². The smallest absolute Gasteiger partial charge is 0.143 e. The van der Waals surface area contributed by atoms with Gasteiger partial charge in [-0.05, 0) is 100 Å². The van der Waals surface area contributed by atoms with E-state index in [1.165, 1.54) is 70.9 Å². The molecule has 0 amide bonds. The van der Waals surface area contributed by atoms with E-state index < -0.39 is 0 Å². The second-order valence-corrected chi connectivity index (χ2v) is 14.5. The van der Waals surface area contributed by atoms with Crippen LogP contribution in [0.2, 0.25) is 0 Å². The average Bonchev–Trinajstić information content (AvgIpc) is 3.52. The summed E-state index contributed by atoms with van der Waals surface area (Å²) in [4.78, 5) is 0. The Hall–Kier alpha value is -5.92. The molecule has 0 saturated heterocycles. The summed E-state index contributed by atoms with van der Waals surface area (Å²) in [5, 5.41) is 12.7. The lowest BCUT2D eigenvalue weighted by Crippen LogP contribution is -2.10. The van der Waals surface area contributed by atoms with Crippen molar-refractivity contribution in [3.8, 4) is 33.4 Å². The van der Waals surface area contributed by atoms with Crippen LogP contribution in [-0.2, 0) is 5.41 Å². The molecule has 0 aliphatic heterocycles. The molecule has 9 aromatic carbocycles. The molecule has 49 heavy (non-hydrogen) atoms. The standard InChI is InChI=1S/C48H34O/c1-48(2,3)36-26-34-21-23-39-42(31-18-16-30(17-19-31)37-12-8-13-41-38-11-6-7-14-44(38)49-47(37)41)28-43(40-24-22-35(27-36)45(34)46(39)40)33-20-15-29-9-4-5-10-32(29)25-33/h4-28H,1-3H3. The summed E-state index contributed by atoms with van der Waals surface area (Å²) < 4.78 is 6.40. The highest BCUT2D eigenvalue weighted by Gasteiger charge is 2.21. The Morgan fingerprint density at radius 2 is 0.980 bits per heavy atom. The molecular weight excluding hydrogens is 593 g/mol. The van der Waals surface area contributed by atoms with E-state index in [2.05, 4.69) is 160 Å². The van der Waals surface area contributed by atoms with Gasteiger partial charge in [0.2, 0.25) is 0 Å². The van der Waals surface area contributed by atoms with Crippen LogP contribution in [0.3, 0.4) is 0 Å². The molecule has 1 heterocycles. The lowest BCUT2D eigenvalue weighted by atomic mass is 9.81. The van der Waals surface area contributed by atoms with Crippen molar-refractivity contribution in [2.45, 2.75) is 26.2 Å². The van der Waals surface area contributed by atoms with Crippen molar-refractivity contribution in [1.82, 2.24) is 0 Å². The molecule has 0 radical (unpaired) electrons. The number of hydrogen-bond acceptors (Lipinski definition) is 1. The molecule has 0 N–H and O–H groups in total. The van der Waals surface area contributed by atoms with E-state index in [0.29, 0.717) is 0 Å². The van der Waals surface area contributed by atoms with Gasteiger partial charge >= 0.3 is 0 Å². The first-order valence-corrected chi connectivity index (χ1v) is 17.2. The third kappa shape index (κ3) is 4.32. The summed E-state index contributed by atoms with van der Waals surface area (Å²) in [6, 6.07) is 55.9. The van der Waals surface area contributed by atoms with E-state index >= 15 is 0 Å². The third-order valence-corrected chi connectivity index (χ3v) is 10.6. The number of fused-ring (bicyclic) bond motifs is 4. The molecule has 10 rings (SSSR count). The van der Waals surface area contributed by atoms with Crippen LogP contribution in [0.4, 0.5) is 0 Å². The number of benzene rings is 9. The van der Waals surface area contributed by atoms with Gasteiger partial charge < -0.3 is 4.42 Å². The molecule has 0 fully saturated rings. The van der Waals surface area contributed by atoms with Crippen LogP contribution >= 0.6 is 0 Å². The summed E-state index contributed by atoms with van der Waals surface area (Å²) in [7, 11) is 0. The van der Waals surface area contributed by atoms with Crippen molar-refractivity contribution < 1.29 is 4.42 Å². The Balaban J connectivity index is 1.21. The molecule has 0 bridgehead atoms. The minimum Gasteiger partial charge on any atom is -0.455 e. The van der Waals surface area contributed by atoms with Gasteiger partial charge in [0.05, 0.1) is 0 Å². The molecule has 0 spiro atoms. The Kier molecular flexibility index (Phi) is 5.91. The normalized spacial score (nSPS) is 12.4. The molecule has 0 unspecified atom stereocenters. The first-order chi connectivity index (χ1) is 23.9. The predicted octanol–water partition coefficient (Wildman–Crippen LogP) is 13.9. The minimum absolute atomic E-state index is 0.0698. The second-order valence-electron chi connectivity index (χ2n) is 14.5. The highest BCUT2D eigenvalue weighted by molar-refractivity contribution is 6.28. The van der Waals surface area contributed by atoms with E-state index in [9.17, 15) is 0 Å². The van der Waals surface area contributed by atoms with Gasteiger partial charge in [-0.25, -0.2) is 0 Å². The van der Waals surface area contributed by atoms with Gasteiger partial charge in [0.15, 0.2) is 0 Å². The monoisotopic (exact) mass is 626 g/mol. The van der Waals surface area contributed by atoms with Crippen molar-refractivity contribution >= 4 is 65.0 Å². The quantitative estimate of drug-likeness (QED) is 0.178. The number of furan rings is 1. The maximum atomic E-state index is 6.40. The fourth-order valence-corrected chi connectivity index (χ4v) is 7.99. The van der Waals surface area contributed by atoms with Crippen molar-refractivity contribution in [2.24, 2.45) is 0 Å². The van der Waals surface area contributed by atoms with Gasteiger partial charge in [-0.2, -0.15) is 0 Å². The molecule has 0 saturated carbocycles. The molecule has 232 valence electrons. The topological polar surface area (TPSA) is 13.1 Å². The van der Waals surface area contributed by atoms with Crippen molar-refractivity contribution in [3.05, 3.63) is 157 Å². The summed E-state index contributed by atoms with van der Waals surface area (Å²) in [6.45, 7) is 6.90. The summed E-state index contributed by atoms with van der Waals surface area (Å²) in [6.07, 6.45) is 0. The lowest BCUT2D eigenvalue weighted by molar-refractivity contribution is 0.591. The van der Waals surface area contributed by atoms with Gasteiger partial charge in [0.25, 0.3) is 0 Å². The summed E-state index contributed by atoms with van der Waals surface area (Å²) >= 11 is 0. The van der Waals surface area contributed by atoms with E-state index in [0.717, 1.165) is 33.1 Å². The van der Waals surface area contributed by atoms with Gasteiger partial charge in [-0.15, -0.1) is 0 Å². The molecule has 1 nitrogen and oxygen atoms in total. The van der Waals surface area contributed by atoms with Gasteiger partial charge in [0.1, 0.15) is 11.2 Å². The highest BCUT2D eigenvalue weighted by Crippen LogP contribution is 2.46. The maximum absolute atomic E-state index is 6.40. The maximum Gasteiger partial charge on any atom is 0.143 e. The van der Waals surface area contributed by atoms with Gasteiger partial charge in [-0.1, -0.05) is 154 Å². The fraction of sp³-hybridized carbons (Fsp3) is 0.0833. The molecule has 0 aliphatic carbocycles. The first-order valence-electron chi connectivity index (χ1n) is 17.2. The molecule has 1 aromatic heterocycles. The third-order valence-electron chi connectivity index (χ3n) is 10.6. The van der Waals surface area contributed by atoms with Crippen LogP contribution in [0.1, 0.15) is 26.3 Å². The zero-order chi connectivity index (χ0) is 32.9. The fourth-order valence-electron chi connectivity index (χ4n) is 7.99. The highest BCUT2D eigenvalue weighted by atomic mass is 16.3.